The first kappa shape index (κ1) is 15.8. The normalized spacial score (nSPS) is 10.7. The van der Waals surface area contributed by atoms with Crippen LogP contribution >= 0.6 is 23.1 Å². The van der Waals surface area contributed by atoms with Gasteiger partial charge < -0.3 is 10.1 Å². The molecule has 0 aliphatic carbocycles. The van der Waals surface area contributed by atoms with E-state index in [9.17, 15) is 4.79 Å². The summed E-state index contributed by atoms with van der Waals surface area (Å²) in [6.45, 7) is 0. The first-order valence-corrected chi connectivity index (χ1v) is 9.08. The number of benzene rings is 2. The second-order valence-electron chi connectivity index (χ2n) is 4.82. The molecule has 23 heavy (non-hydrogen) atoms. The molecule has 118 valence electrons. The van der Waals surface area contributed by atoms with Crippen molar-refractivity contribution >= 4 is 44.9 Å². The van der Waals surface area contributed by atoms with Crippen molar-refractivity contribution in [3.8, 4) is 5.75 Å². The van der Waals surface area contributed by atoms with E-state index in [1.807, 2.05) is 42.5 Å². The van der Waals surface area contributed by atoms with Crippen LogP contribution in [0.25, 0.3) is 10.2 Å². The molecule has 0 unspecified atom stereocenters. The molecule has 6 heteroatoms. The molecule has 2 aromatic carbocycles. The topological polar surface area (TPSA) is 51.2 Å². The number of hydrogen-bond donors (Lipinski definition) is 1. The van der Waals surface area contributed by atoms with Gasteiger partial charge in [0, 0.05) is 5.75 Å². The fourth-order valence-electron chi connectivity index (χ4n) is 2.15. The Balaban J connectivity index is 1.53. The van der Waals surface area contributed by atoms with E-state index in [-0.39, 0.29) is 5.91 Å². The Morgan fingerprint density at radius 3 is 2.83 bits per heavy atom. The summed E-state index contributed by atoms with van der Waals surface area (Å²) in [4.78, 5) is 16.6. The van der Waals surface area contributed by atoms with Crippen LogP contribution in [0.3, 0.4) is 0 Å². The second-order valence-corrected chi connectivity index (χ2v) is 6.92. The molecule has 0 aliphatic heterocycles. The third-order valence-corrected chi connectivity index (χ3v) is 5.34. The highest BCUT2D eigenvalue weighted by Gasteiger charge is 2.08. The first-order valence-electron chi connectivity index (χ1n) is 7.11. The summed E-state index contributed by atoms with van der Waals surface area (Å²) in [6, 6.07) is 15.5. The Labute approximate surface area is 142 Å². The van der Waals surface area contributed by atoms with E-state index in [1.54, 1.807) is 30.2 Å². The molecular weight excluding hydrogens is 328 g/mol. The molecule has 4 nitrogen and oxygen atoms in total. The van der Waals surface area contributed by atoms with Gasteiger partial charge in [-0.05, 0) is 24.3 Å². The lowest BCUT2D eigenvalue weighted by atomic mass is 10.3. The van der Waals surface area contributed by atoms with E-state index < -0.39 is 0 Å². The number of thiazole rings is 1. The molecule has 3 aromatic rings. The monoisotopic (exact) mass is 344 g/mol. The highest BCUT2D eigenvalue weighted by atomic mass is 32.2. The lowest BCUT2D eigenvalue weighted by molar-refractivity contribution is -0.113. The fraction of sp³-hybridized carbons (Fsp3) is 0.176. The third kappa shape index (κ3) is 4.03. The van der Waals surface area contributed by atoms with E-state index in [0.29, 0.717) is 17.2 Å². The maximum Gasteiger partial charge on any atom is 0.234 e. The Morgan fingerprint density at radius 1 is 1.22 bits per heavy atom. The standard InChI is InChI=1S/C17H16N2O2S2/c1-21-14-8-4-2-6-12(14)18-16(20)10-22-11-17-19-13-7-3-5-9-15(13)23-17/h2-9H,10-11H2,1H3,(H,18,20). The van der Waals surface area contributed by atoms with Gasteiger partial charge in [0.1, 0.15) is 10.8 Å². The fourth-order valence-corrected chi connectivity index (χ4v) is 3.99. The van der Waals surface area contributed by atoms with E-state index >= 15 is 0 Å². The number of hydrogen-bond acceptors (Lipinski definition) is 5. The van der Waals surface area contributed by atoms with Crippen molar-refractivity contribution in [1.82, 2.24) is 4.98 Å². The van der Waals surface area contributed by atoms with Crippen molar-refractivity contribution in [3.05, 3.63) is 53.5 Å². The van der Waals surface area contributed by atoms with E-state index in [0.717, 1.165) is 16.3 Å². The summed E-state index contributed by atoms with van der Waals surface area (Å²) in [5, 5.41) is 3.92. The number of para-hydroxylation sites is 3. The second kappa shape index (κ2) is 7.48. The number of methoxy groups -OCH3 is 1. The molecule has 0 fully saturated rings. The molecule has 0 radical (unpaired) electrons. The highest BCUT2D eigenvalue weighted by molar-refractivity contribution is 7.99. The number of nitrogens with one attached hydrogen (secondary N) is 1. The van der Waals surface area contributed by atoms with Gasteiger partial charge in [-0.25, -0.2) is 4.98 Å². The van der Waals surface area contributed by atoms with Gasteiger partial charge in [0.05, 0.1) is 28.8 Å². The number of rotatable bonds is 6. The van der Waals surface area contributed by atoms with Crippen LogP contribution in [-0.2, 0) is 10.5 Å². The lowest BCUT2D eigenvalue weighted by Crippen LogP contribution is -2.14. The van der Waals surface area contributed by atoms with Gasteiger partial charge in [-0.2, -0.15) is 0 Å². The zero-order chi connectivity index (χ0) is 16.1. The number of nitrogens with zero attached hydrogens (tertiary/aromatic N) is 1. The number of fused-ring (bicyclic) bond motifs is 1. The van der Waals surface area contributed by atoms with E-state index in [1.165, 1.54) is 4.70 Å². The molecule has 0 spiro atoms. The van der Waals surface area contributed by atoms with Crippen LogP contribution < -0.4 is 10.1 Å². The summed E-state index contributed by atoms with van der Waals surface area (Å²) in [5.74, 6) is 1.74. The van der Waals surface area contributed by atoms with Crippen LogP contribution in [0.2, 0.25) is 0 Å². The molecule has 0 atom stereocenters. The average molecular weight is 344 g/mol. The van der Waals surface area contributed by atoms with Crippen LogP contribution in [0.5, 0.6) is 5.75 Å². The minimum Gasteiger partial charge on any atom is -0.495 e. The SMILES string of the molecule is COc1ccccc1NC(=O)CSCc1nc2ccccc2s1. The maximum atomic E-state index is 12.0. The lowest BCUT2D eigenvalue weighted by Gasteiger charge is -2.09. The number of anilines is 1. The van der Waals surface area contributed by atoms with Gasteiger partial charge in [0.2, 0.25) is 5.91 Å². The van der Waals surface area contributed by atoms with Crippen molar-refractivity contribution in [2.24, 2.45) is 0 Å². The molecule has 0 aliphatic rings. The summed E-state index contributed by atoms with van der Waals surface area (Å²) in [7, 11) is 1.59. The minimum atomic E-state index is -0.0411. The molecule has 1 heterocycles. The van der Waals surface area contributed by atoms with E-state index in [4.69, 9.17) is 4.74 Å². The van der Waals surface area contributed by atoms with Gasteiger partial charge in [-0.3, -0.25) is 4.79 Å². The number of ether oxygens (including phenoxy) is 1. The molecule has 1 N–H and O–H groups in total. The van der Waals surface area contributed by atoms with Crippen molar-refractivity contribution in [2.75, 3.05) is 18.2 Å². The number of amides is 1. The summed E-state index contributed by atoms with van der Waals surface area (Å²) < 4.78 is 6.41. The predicted octanol–water partition coefficient (Wildman–Crippen LogP) is 4.18. The highest BCUT2D eigenvalue weighted by Crippen LogP contribution is 2.26. The Morgan fingerprint density at radius 2 is 2.00 bits per heavy atom. The van der Waals surface area contributed by atoms with E-state index in [2.05, 4.69) is 16.4 Å². The van der Waals surface area contributed by atoms with Gasteiger partial charge in [0.25, 0.3) is 0 Å². The summed E-state index contributed by atoms with van der Waals surface area (Å²) in [5.41, 5.74) is 1.71. The maximum absolute atomic E-state index is 12.0. The number of thioether (sulfide) groups is 1. The summed E-state index contributed by atoms with van der Waals surface area (Å²) >= 11 is 3.23. The van der Waals surface area contributed by atoms with Gasteiger partial charge in [0.15, 0.2) is 0 Å². The number of carbonyl (C=O) groups is 1. The zero-order valence-corrected chi connectivity index (χ0v) is 14.2. The van der Waals surface area contributed by atoms with Crippen LogP contribution in [-0.4, -0.2) is 23.8 Å². The van der Waals surface area contributed by atoms with Crippen molar-refractivity contribution in [1.29, 1.82) is 0 Å². The van der Waals surface area contributed by atoms with Crippen LogP contribution in [0.1, 0.15) is 5.01 Å². The Hall–Kier alpha value is -2.05. The third-order valence-electron chi connectivity index (χ3n) is 3.18. The molecule has 1 amide bonds. The minimum absolute atomic E-state index is 0.0411. The van der Waals surface area contributed by atoms with Gasteiger partial charge in [-0.1, -0.05) is 24.3 Å². The molecule has 1 aromatic heterocycles. The predicted molar refractivity (Wildman–Crippen MR) is 97.4 cm³/mol. The van der Waals surface area contributed by atoms with Crippen LogP contribution in [0, 0.1) is 0 Å². The van der Waals surface area contributed by atoms with Gasteiger partial charge >= 0.3 is 0 Å². The van der Waals surface area contributed by atoms with Crippen LogP contribution in [0.4, 0.5) is 5.69 Å². The van der Waals surface area contributed by atoms with Crippen molar-refractivity contribution in [2.45, 2.75) is 5.75 Å². The Kier molecular flexibility index (Phi) is 5.15. The largest absolute Gasteiger partial charge is 0.495 e. The molecule has 3 rings (SSSR count). The first-order chi connectivity index (χ1) is 11.3. The molecule has 0 saturated heterocycles. The number of aromatic nitrogens is 1. The molecule has 0 bridgehead atoms. The average Bonchev–Trinajstić information content (AvgIpc) is 2.98. The van der Waals surface area contributed by atoms with Crippen molar-refractivity contribution in [3.63, 3.8) is 0 Å². The Bertz CT molecular complexity index is 784. The summed E-state index contributed by atoms with van der Waals surface area (Å²) in [6.07, 6.45) is 0. The number of carbonyl (C=O) groups excluding carboxylic acids is 1. The van der Waals surface area contributed by atoms with Gasteiger partial charge in [-0.15, -0.1) is 23.1 Å². The van der Waals surface area contributed by atoms with Crippen molar-refractivity contribution < 1.29 is 9.53 Å². The molecular formula is C17H16N2O2S2. The van der Waals surface area contributed by atoms with Crippen LogP contribution in [0.15, 0.2) is 48.5 Å². The zero-order valence-electron chi connectivity index (χ0n) is 12.6. The smallest absolute Gasteiger partial charge is 0.234 e. The quantitative estimate of drug-likeness (QED) is 0.729. The molecule has 0 saturated carbocycles.